The van der Waals surface area contributed by atoms with Crippen LogP contribution in [-0.4, -0.2) is 24.0 Å². The average molecular weight is 170 g/mol. The highest BCUT2D eigenvalue weighted by molar-refractivity contribution is 5.72. The third kappa shape index (κ3) is 1.90. The lowest BCUT2D eigenvalue weighted by Crippen LogP contribution is -2.39. The number of nitrogens with zero attached hydrogens (tertiary/aromatic N) is 1. The zero-order valence-corrected chi connectivity index (χ0v) is 8.13. The van der Waals surface area contributed by atoms with Crippen LogP contribution in [0.15, 0.2) is 0 Å². The lowest BCUT2D eigenvalue weighted by molar-refractivity contribution is 0.196. The van der Waals surface area contributed by atoms with Crippen LogP contribution in [0.25, 0.3) is 0 Å². The Labute approximate surface area is 73.9 Å². The number of amides is 2. The summed E-state index contributed by atoms with van der Waals surface area (Å²) >= 11 is 0. The molecule has 2 amide bonds. The molecule has 0 aromatic rings. The van der Waals surface area contributed by atoms with Gasteiger partial charge in [-0.3, -0.25) is 0 Å². The van der Waals surface area contributed by atoms with Gasteiger partial charge in [0, 0.05) is 13.1 Å². The molecule has 0 aromatic carbocycles. The first-order valence-electron chi connectivity index (χ1n) is 4.45. The van der Waals surface area contributed by atoms with E-state index in [2.05, 4.69) is 13.8 Å². The normalized spacial score (nSPS) is 27.1. The fourth-order valence-electron chi connectivity index (χ4n) is 1.91. The second-order valence-electron chi connectivity index (χ2n) is 4.51. The minimum atomic E-state index is -0.308. The molecule has 0 spiro atoms. The van der Waals surface area contributed by atoms with Crippen molar-refractivity contribution in [3.05, 3.63) is 0 Å². The summed E-state index contributed by atoms with van der Waals surface area (Å²) in [5.41, 5.74) is 5.57. The first-order chi connectivity index (χ1) is 5.42. The van der Waals surface area contributed by atoms with Crippen molar-refractivity contribution in [3.63, 3.8) is 0 Å². The summed E-state index contributed by atoms with van der Waals surface area (Å²) in [5.74, 6) is 0. The topological polar surface area (TPSA) is 46.3 Å². The van der Waals surface area contributed by atoms with Crippen LogP contribution in [0.2, 0.25) is 0 Å². The zero-order chi connectivity index (χ0) is 9.35. The summed E-state index contributed by atoms with van der Waals surface area (Å²) in [6.07, 6.45) is 3.36. The monoisotopic (exact) mass is 170 g/mol. The van der Waals surface area contributed by atoms with Gasteiger partial charge in [-0.1, -0.05) is 13.8 Å². The number of carbonyl (C=O) groups excluding carboxylic acids is 1. The zero-order valence-electron chi connectivity index (χ0n) is 8.13. The van der Waals surface area contributed by atoms with E-state index in [-0.39, 0.29) is 6.03 Å². The van der Waals surface area contributed by atoms with E-state index in [0.717, 1.165) is 12.8 Å². The van der Waals surface area contributed by atoms with Crippen molar-refractivity contribution in [2.45, 2.75) is 39.2 Å². The standard InChI is InChI=1S/C9H18N2O/c1-9(2)5-4-7(6-9)11(3)8(10)12/h7H,4-6H2,1-3H3,(H2,10,12). The predicted octanol–water partition coefficient (Wildman–Crippen LogP) is 1.58. The van der Waals surface area contributed by atoms with E-state index < -0.39 is 0 Å². The number of primary amides is 1. The van der Waals surface area contributed by atoms with Crippen molar-refractivity contribution in [3.8, 4) is 0 Å². The Morgan fingerprint density at radius 1 is 1.58 bits per heavy atom. The molecule has 1 atom stereocenters. The quantitative estimate of drug-likeness (QED) is 0.638. The Bertz CT molecular complexity index is 189. The predicted molar refractivity (Wildman–Crippen MR) is 48.8 cm³/mol. The minimum absolute atomic E-state index is 0.308. The number of rotatable bonds is 1. The molecular weight excluding hydrogens is 152 g/mol. The molecule has 1 aliphatic rings. The van der Waals surface area contributed by atoms with Crippen LogP contribution in [0.5, 0.6) is 0 Å². The Hall–Kier alpha value is -0.730. The first kappa shape index (κ1) is 9.36. The van der Waals surface area contributed by atoms with Gasteiger partial charge in [-0.15, -0.1) is 0 Å². The number of hydrogen-bond acceptors (Lipinski definition) is 1. The molecule has 3 nitrogen and oxygen atoms in total. The van der Waals surface area contributed by atoms with E-state index >= 15 is 0 Å². The van der Waals surface area contributed by atoms with Crippen molar-refractivity contribution in [1.29, 1.82) is 0 Å². The van der Waals surface area contributed by atoms with Gasteiger partial charge >= 0.3 is 6.03 Å². The fourth-order valence-corrected chi connectivity index (χ4v) is 1.91. The van der Waals surface area contributed by atoms with Gasteiger partial charge in [-0.25, -0.2) is 4.79 Å². The molecule has 0 bridgehead atoms. The molecule has 0 saturated heterocycles. The molecule has 12 heavy (non-hydrogen) atoms. The van der Waals surface area contributed by atoms with Gasteiger partial charge in [-0.05, 0) is 24.7 Å². The Morgan fingerprint density at radius 3 is 2.50 bits per heavy atom. The van der Waals surface area contributed by atoms with E-state index in [1.54, 1.807) is 11.9 Å². The summed E-state index contributed by atoms with van der Waals surface area (Å²) in [6, 6.07) is 0.0511. The summed E-state index contributed by atoms with van der Waals surface area (Å²) < 4.78 is 0. The molecule has 0 aliphatic heterocycles. The maximum Gasteiger partial charge on any atom is 0.314 e. The van der Waals surface area contributed by atoms with Crippen LogP contribution in [0.4, 0.5) is 4.79 Å². The summed E-state index contributed by atoms with van der Waals surface area (Å²) in [6.45, 7) is 4.48. The van der Waals surface area contributed by atoms with Gasteiger partial charge in [0.15, 0.2) is 0 Å². The van der Waals surface area contributed by atoms with Gasteiger partial charge in [0.05, 0.1) is 0 Å². The second-order valence-corrected chi connectivity index (χ2v) is 4.51. The molecule has 0 aromatic heterocycles. The molecule has 0 heterocycles. The third-order valence-electron chi connectivity index (χ3n) is 2.84. The van der Waals surface area contributed by atoms with Gasteiger partial charge in [0.1, 0.15) is 0 Å². The number of carbonyl (C=O) groups is 1. The largest absolute Gasteiger partial charge is 0.351 e. The smallest absolute Gasteiger partial charge is 0.314 e. The molecule has 1 rings (SSSR count). The Kier molecular flexibility index (Phi) is 2.31. The molecule has 0 radical (unpaired) electrons. The highest BCUT2D eigenvalue weighted by Gasteiger charge is 2.33. The first-order valence-corrected chi connectivity index (χ1v) is 4.45. The highest BCUT2D eigenvalue weighted by atomic mass is 16.2. The van der Waals surface area contributed by atoms with Gasteiger partial charge in [-0.2, -0.15) is 0 Å². The van der Waals surface area contributed by atoms with E-state index in [4.69, 9.17) is 5.73 Å². The van der Waals surface area contributed by atoms with Crippen LogP contribution in [0, 0.1) is 5.41 Å². The molecule has 1 saturated carbocycles. The molecular formula is C9H18N2O. The van der Waals surface area contributed by atoms with E-state index in [9.17, 15) is 4.79 Å². The van der Waals surface area contributed by atoms with Crippen LogP contribution in [0.1, 0.15) is 33.1 Å². The number of urea groups is 1. The lowest BCUT2D eigenvalue weighted by atomic mass is 9.92. The molecule has 3 heteroatoms. The molecule has 2 N–H and O–H groups in total. The summed E-state index contributed by atoms with van der Waals surface area (Å²) in [5, 5.41) is 0. The third-order valence-corrected chi connectivity index (χ3v) is 2.84. The summed E-state index contributed by atoms with van der Waals surface area (Å²) in [7, 11) is 1.79. The molecule has 1 aliphatic carbocycles. The second kappa shape index (κ2) is 2.96. The van der Waals surface area contributed by atoms with Gasteiger partial charge in [0.25, 0.3) is 0 Å². The van der Waals surface area contributed by atoms with Crippen molar-refractivity contribution < 1.29 is 4.79 Å². The maximum atomic E-state index is 10.8. The van der Waals surface area contributed by atoms with Crippen molar-refractivity contribution in [2.24, 2.45) is 11.1 Å². The van der Waals surface area contributed by atoms with Crippen LogP contribution >= 0.6 is 0 Å². The van der Waals surface area contributed by atoms with Crippen molar-refractivity contribution >= 4 is 6.03 Å². The van der Waals surface area contributed by atoms with Crippen molar-refractivity contribution in [1.82, 2.24) is 4.90 Å². The minimum Gasteiger partial charge on any atom is -0.351 e. The lowest BCUT2D eigenvalue weighted by Gasteiger charge is -2.24. The fraction of sp³-hybridized carbons (Fsp3) is 0.889. The van der Waals surface area contributed by atoms with Crippen molar-refractivity contribution in [2.75, 3.05) is 7.05 Å². The SMILES string of the molecule is CN(C(N)=O)C1CCC(C)(C)C1. The Balaban J connectivity index is 2.52. The van der Waals surface area contributed by atoms with E-state index in [0.29, 0.717) is 11.5 Å². The number of hydrogen-bond donors (Lipinski definition) is 1. The average Bonchev–Trinajstić information content (AvgIpc) is 2.28. The van der Waals surface area contributed by atoms with E-state index in [1.165, 1.54) is 6.42 Å². The maximum absolute atomic E-state index is 10.8. The number of nitrogens with two attached hydrogens (primary N) is 1. The van der Waals surface area contributed by atoms with Gasteiger partial charge < -0.3 is 10.6 Å². The van der Waals surface area contributed by atoms with Crippen LogP contribution < -0.4 is 5.73 Å². The van der Waals surface area contributed by atoms with Crippen LogP contribution in [0.3, 0.4) is 0 Å². The van der Waals surface area contributed by atoms with Crippen LogP contribution in [-0.2, 0) is 0 Å². The molecule has 1 unspecified atom stereocenters. The van der Waals surface area contributed by atoms with E-state index in [1.807, 2.05) is 0 Å². The van der Waals surface area contributed by atoms with Gasteiger partial charge in [0.2, 0.25) is 0 Å². The Morgan fingerprint density at radius 2 is 2.17 bits per heavy atom. The summed E-state index contributed by atoms with van der Waals surface area (Å²) in [4.78, 5) is 12.5. The molecule has 70 valence electrons. The molecule has 1 fully saturated rings. The highest BCUT2D eigenvalue weighted by Crippen LogP contribution is 2.38.